The number of rotatable bonds is 9. The van der Waals surface area contributed by atoms with E-state index in [0.717, 1.165) is 34.5 Å². The molecule has 4 aromatic rings. The number of carbonyl (C=O) groups excluding carboxylic acids is 1. The molecule has 6 nitrogen and oxygen atoms in total. The molecule has 0 aliphatic heterocycles. The van der Waals surface area contributed by atoms with E-state index in [-0.39, 0.29) is 17.9 Å². The smallest absolute Gasteiger partial charge is 0.230 e. The number of thioether (sulfide) groups is 1. The Bertz CT molecular complexity index is 1110. The molecular formula is C24H26N4O2S. The van der Waals surface area contributed by atoms with E-state index in [2.05, 4.69) is 29.1 Å². The van der Waals surface area contributed by atoms with Gasteiger partial charge >= 0.3 is 0 Å². The highest BCUT2D eigenvalue weighted by atomic mass is 32.2. The number of fused-ring (bicyclic) bond motifs is 1. The topological polar surface area (TPSA) is 83.8 Å². The van der Waals surface area contributed by atoms with E-state index in [0.29, 0.717) is 17.4 Å². The van der Waals surface area contributed by atoms with E-state index in [1.807, 2.05) is 54.6 Å². The predicted octanol–water partition coefficient (Wildman–Crippen LogP) is 5.35. The number of benzene rings is 2. The second-order valence-electron chi connectivity index (χ2n) is 7.57. The van der Waals surface area contributed by atoms with E-state index in [9.17, 15) is 4.79 Å². The lowest BCUT2D eigenvalue weighted by Gasteiger charge is -2.22. The average molecular weight is 435 g/mol. The van der Waals surface area contributed by atoms with Crippen LogP contribution < -0.4 is 5.32 Å². The van der Waals surface area contributed by atoms with Crippen LogP contribution in [0.3, 0.4) is 0 Å². The Kier molecular flexibility index (Phi) is 6.72. The third kappa shape index (κ3) is 5.17. The number of imidazole rings is 1. The highest BCUT2D eigenvalue weighted by molar-refractivity contribution is 7.99. The van der Waals surface area contributed by atoms with Crippen LogP contribution in [0, 0.1) is 5.92 Å². The number of nitrogens with one attached hydrogen (secondary N) is 2. The van der Waals surface area contributed by atoms with E-state index in [1.165, 1.54) is 11.8 Å². The number of oxazole rings is 1. The van der Waals surface area contributed by atoms with Crippen molar-refractivity contribution in [2.24, 2.45) is 5.92 Å². The summed E-state index contributed by atoms with van der Waals surface area (Å²) >= 11 is 1.52. The highest BCUT2D eigenvalue weighted by Gasteiger charge is 2.23. The van der Waals surface area contributed by atoms with Crippen molar-refractivity contribution in [1.82, 2.24) is 20.3 Å². The van der Waals surface area contributed by atoms with Crippen molar-refractivity contribution in [3.63, 3.8) is 0 Å². The van der Waals surface area contributed by atoms with E-state index >= 15 is 0 Å². The van der Waals surface area contributed by atoms with Gasteiger partial charge in [0, 0.05) is 11.3 Å². The first-order chi connectivity index (χ1) is 15.1. The standard InChI is InChI=1S/C24H26N4O2S/c1-3-16(2)22(23-26-19-11-7-8-12-20(19)27-23)28-21(29)15-31-14-18-13-30-24(25-18)17-9-5-4-6-10-17/h4-13,16,22H,3,14-15H2,1-2H3,(H,26,27)(H,28,29). The van der Waals surface area contributed by atoms with Crippen molar-refractivity contribution >= 4 is 28.7 Å². The molecule has 2 N–H and O–H groups in total. The number of hydrogen-bond acceptors (Lipinski definition) is 5. The number of aromatic nitrogens is 3. The van der Waals surface area contributed by atoms with Gasteiger partial charge in [-0.05, 0) is 30.2 Å². The van der Waals surface area contributed by atoms with Gasteiger partial charge in [0.2, 0.25) is 11.8 Å². The third-order valence-electron chi connectivity index (χ3n) is 5.29. The fourth-order valence-corrected chi connectivity index (χ4v) is 4.10. The maximum Gasteiger partial charge on any atom is 0.230 e. The zero-order valence-corrected chi connectivity index (χ0v) is 18.5. The molecule has 0 saturated carbocycles. The molecule has 0 fully saturated rings. The van der Waals surface area contributed by atoms with Gasteiger partial charge in [0.05, 0.1) is 28.5 Å². The van der Waals surface area contributed by atoms with E-state index < -0.39 is 0 Å². The summed E-state index contributed by atoms with van der Waals surface area (Å²) in [6.07, 6.45) is 2.60. The molecule has 0 aliphatic carbocycles. The predicted molar refractivity (Wildman–Crippen MR) is 125 cm³/mol. The molecule has 0 saturated heterocycles. The van der Waals surface area contributed by atoms with Crippen LogP contribution in [0.5, 0.6) is 0 Å². The molecule has 0 radical (unpaired) electrons. The molecule has 0 bridgehead atoms. The van der Waals surface area contributed by atoms with Crippen LogP contribution in [0.1, 0.15) is 37.8 Å². The lowest BCUT2D eigenvalue weighted by Crippen LogP contribution is -2.34. The van der Waals surface area contributed by atoms with Gasteiger partial charge in [-0.3, -0.25) is 4.79 Å². The number of hydrogen-bond donors (Lipinski definition) is 2. The summed E-state index contributed by atoms with van der Waals surface area (Å²) in [6, 6.07) is 17.6. The lowest BCUT2D eigenvalue weighted by molar-refractivity contribution is -0.119. The molecule has 0 aliphatic rings. The Morgan fingerprint density at radius 1 is 1.13 bits per heavy atom. The van der Waals surface area contributed by atoms with Crippen molar-refractivity contribution in [2.75, 3.05) is 5.75 Å². The molecule has 7 heteroatoms. The number of nitrogens with zero attached hydrogens (tertiary/aromatic N) is 2. The van der Waals surface area contributed by atoms with Gasteiger partial charge < -0.3 is 14.7 Å². The maximum absolute atomic E-state index is 12.7. The van der Waals surface area contributed by atoms with Gasteiger partial charge in [0.25, 0.3) is 0 Å². The zero-order chi connectivity index (χ0) is 21.6. The summed E-state index contributed by atoms with van der Waals surface area (Å²) in [5.74, 6) is 2.62. The molecule has 2 heterocycles. The fourth-order valence-electron chi connectivity index (χ4n) is 3.39. The van der Waals surface area contributed by atoms with E-state index in [4.69, 9.17) is 9.40 Å². The van der Waals surface area contributed by atoms with Crippen LogP contribution in [-0.4, -0.2) is 26.6 Å². The van der Waals surface area contributed by atoms with Gasteiger partial charge in [-0.1, -0.05) is 50.6 Å². The molecule has 2 atom stereocenters. The minimum Gasteiger partial charge on any atom is -0.444 e. The minimum atomic E-state index is -0.151. The molecule has 1 amide bonds. The Labute approximate surface area is 185 Å². The summed E-state index contributed by atoms with van der Waals surface area (Å²) in [5, 5.41) is 3.16. The summed E-state index contributed by atoms with van der Waals surface area (Å²) < 4.78 is 5.57. The van der Waals surface area contributed by atoms with Gasteiger partial charge in [-0.25, -0.2) is 9.97 Å². The second-order valence-corrected chi connectivity index (χ2v) is 8.56. The van der Waals surface area contributed by atoms with Crippen LogP contribution >= 0.6 is 11.8 Å². The third-order valence-corrected chi connectivity index (χ3v) is 6.25. The zero-order valence-electron chi connectivity index (χ0n) is 17.7. The quantitative estimate of drug-likeness (QED) is 0.371. The molecular weight excluding hydrogens is 408 g/mol. The van der Waals surface area contributed by atoms with E-state index in [1.54, 1.807) is 6.26 Å². The first kappa shape index (κ1) is 21.2. The monoisotopic (exact) mass is 434 g/mol. The average Bonchev–Trinajstić information content (AvgIpc) is 3.44. The lowest BCUT2D eigenvalue weighted by atomic mass is 9.98. The molecule has 0 spiro atoms. The molecule has 31 heavy (non-hydrogen) atoms. The van der Waals surface area contributed by atoms with Crippen LogP contribution in [0.15, 0.2) is 65.3 Å². The number of para-hydroxylation sites is 2. The fraction of sp³-hybridized carbons (Fsp3) is 0.292. The van der Waals surface area contributed by atoms with Crippen molar-refractivity contribution in [2.45, 2.75) is 32.1 Å². The van der Waals surface area contributed by atoms with Crippen LogP contribution in [-0.2, 0) is 10.5 Å². The van der Waals surface area contributed by atoms with Crippen LogP contribution in [0.4, 0.5) is 0 Å². The number of aromatic amines is 1. The number of H-pyrrole nitrogens is 1. The van der Waals surface area contributed by atoms with Crippen LogP contribution in [0.2, 0.25) is 0 Å². The van der Waals surface area contributed by atoms with Crippen molar-refractivity contribution in [3.8, 4) is 11.5 Å². The van der Waals surface area contributed by atoms with Gasteiger partial charge in [0.15, 0.2) is 0 Å². The van der Waals surface area contributed by atoms with Crippen LogP contribution in [0.25, 0.3) is 22.5 Å². The largest absolute Gasteiger partial charge is 0.444 e. The molecule has 160 valence electrons. The molecule has 2 aromatic heterocycles. The minimum absolute atomic E-state index is 0.0115. The highest BCUT2D eigenvalue weighted by Crippen LogP contribution is 2.25. The molecule has 2 unspecified atom stereocenters. The Morgan fingerprint density at radius 3 is 2.68 bits per heavy atom. The maximum atomic E-state index is 12.7. The molecule has 2 aromatic carbocycles. The SMILES string of the molecule is CCC(C)C(NC(=O)CSCc1coc(-c2ccccc2)n1)c1nc2ccccc2[nH]1. The van der Waals surface area contributed by atoms with Gasteiger partial charge in [-0.2, -0.15) is 0 Å². The Morgan fingerprint density at radius 2 is 1.90 bits per heavy atom. The second kappa shape index (κ2) is 9.83. The Hall–Kier alpha value is -3.06. The Balaban J connectivity index is 1.34. The first-order valence-electron chi connectivity index (χ1n) is 10.5. The summed E-state index contributed by atoms with van der Waals surface area (Å²) in [7, 11) is 0. The van der Waals surface area contributed by atoms with Gasteiger partial charge in [-0.15, -0.1) is 11.8 Å². The summed E-state index contributed by atoms with van der Waals surface area (Å²) in [6.45, 7) is 4.25. The number of amides is 1. The van der Waals surface area contributed by atoms with Crippen molar-refractivity contribution in [1.29, 1.82) is 0 Å². The number of carbonyl (C=O) groups is 1. The summed E-state index contributed by atoms with van der Waals surface area (Å²) in [5.41, 5.74) is 3.66. The summed E-state index contributed by atoms with van der Waals surface area (Å²) in [4.78, 5) is 25.2. The van der Waals surface area contributed by atoms with Crippen molar-refractivity contribution in [3.05, 3.63) is 72.4 Å². The van der Waals surface area contributed by atoms with Crippen molar-refractivity contribution < 1.29 is 9.21 Å². The molecule has 4 rings (SSSR count). The normalized spacial score (nSPS) is 13.2. The van der Waals surface area contributed by atoms with Gasteiger partial charge in [0.1, 0.15) is 12.1 Å². The first-order valence-corrected chi connectivity index (χ1v) is 11.6.